The molecule has 1 fully saturated rings. The molecular formula is C23H22N2O5. The van der Waals surface area contributed by atoms with Crippen LogP contribution in [0.1, 0.15) is 57.7 Å². The highest BCUT2D eigenvalue weighted by atomic mass is 16.5. The number of nitrogens with one attached hydrogen (secondary N) is 1. The van der Waals surface area contributed by atoms with Crippen LogP contribution in [-0.4, -0.2) is 40.7 Å². The molecule has 1 N–H and O–H groups in total. The predicted octanol–water partition coefficient (Wildman–Crippen LogP) is 2.54. The molecule has 7 heteroatoms. The Balaban J connectivity index is 1.54. The molecule has 2 aliphatic rings. The van der Waals surface area contributed by atoms with Gasteiger partial charge in [-0.1, -0.05) is 42.0 Å². The van der Waals surface area contributed by atoms with Crippen molar-refractivity contribution in [3.05, 3.63) is 70.8 Å². The molecule has 2 aromatic rings. The van der Waals surface area contributed by atoms with Gasteiger partial charge in [0.05, 0.1) is 11.1 Å². The molecule has 2 aromatic carbocycles. The highest BCUT2D eigenvalue weighted by Crippen LogP contribution is 2.28. The number of amides is 3. The fraction of sp³-hybridized carbons (Fsp3) is 0.304. The van der Waals surface area contributed by atoms with Crippen LogP contribution in [0.25, 0.3) is 0 Å². The van der Waals surface area contributed by atoms with Gasteiger partial charge in [0.15, 0.2) is 0 Å². The molecule has 4 rings (SSSR count). The minimum absolute atomic E-state index is 0.0966. The molecule has 3 amide bonds. The smallest absolute Gasteiger partial charge is 0.330 e. The highest BCUT2D eigenvalue weighted by Gasteiger charge is 2.42. The summed E-state index contributed by atoms with van der Waals surface area (Å²) in [6, 6.07) is 12.6. The van der Waals surface area contributed by atoms with E-state index in [1.54, 1.807) is 48.5 Å². The largest absolute Gasteiger partial charge is 0.446 e. The number of imide groups is 1. The molecule has 1 aliphatic heterocycles. The lowest BCUT2D eigenvalue weighted by molar-refractivity contribution is -0.159. The van der Waals surface area contributed by atoms with Crippen LogP contribution in [0.3, 0.4) is 0 Å². The predicted molar refractivity (Wildman–Crippen MR) is 108 cm³/mol. The van der Waals surface area contributed by atoms with Crippen LogP contribution in [0.15, 0.2) is 48.5 Å². The molecular weight excluding hydrogens is 384 g/mol. The summed E-state index contributed by atoms with van der Waals surface area (Å²) in [5.74, 6) is -2.32. The SMILES string of the molecule is Cc1ccc2c(c1)C(=O)N([C@@H](C)C(=O)O[C@H](C(=O)NC1CC1)c1ccccc1)C2=O. The van der Waals surface area contributed by atoms with Gasteiger partial charge >= 0.3 is 5.97 Å². The zero-order chi connectivity index (χ0) is 21.4. The molecule has 0 radical (unpaired) electrons. The quantitative estimate of drug-likeness (QED) is 0.588. The first kappa shape index (κ1) is 19.8. The van der Waals surface area contributed by atoms with Crippen LogP contribution < -0.4 is 5.32 Å². The first-order valence-corrected chi connectivity index (χ1v) is 9.91. The molecule has 1 heterocycles. The first-order chi connectivity index (χ1) is 14.4. The standard InChI is InChI=1S/C23H22N2O5/c1-13-8-11-17-18(12-13)22(28)25(21(17)27)14(2)23(29)30-19(15-6-4-3-5-7-15)20(26)24-16-9-10-16/h3-8,11-12,14,16,19H,9-10H2,1-2H3,(H,24,26)/t14-,19-/m0/s1. The molecule has 30 heavy (non-hydrogen) atoms. The van der Waals surface area contributed by atoms with Crippen LogP contribution in [-0.2, 0) is 14.3 Å². The first-order valence-electron chi connectivity index (χ1n) is 9.91. The second kappa shape index (κ2) is 7.74. The van der Waals surface area contributed by atoms with E-state index in [1.807, 2.05) is 6.92 Å². The van der Waals surface area contributed by atoms with Crippen molar-refractivity contribution in [2.45, 2.75) is 44.9 Å². The van der Waals surface area contributed by atoms with E-state index in [-0.39, 0.29) is 17.2 Å². The number of hydrogen-bond donors (Lipinski definition) is 1. The Kier molecular flexibility index (Phi) is 5.11. The Morgan fingerprint density at radius 1 is 1.03 bits per heavy atom. The van der Waals surface area contributed by atoms with E-state index in [1.165, 1.54) is 6.92 Å². The summed E-state index contributed by atoms with van der Waals surface area (Å²) in [4.78, 5) is 52.0. The Labute approximate surface area is 174 Å². The molecule has 0 unspecified atom stereocenters. The van der Waals surface area contributed by atoms with Gasteiger partial charge in [-0.2, -0.15) is 0 Å². The number of carbonyl (C=O) groups excluding carboxylic acids is 4. The number of rotatable bonds is 6. The van der Waals surface area contributed by atoms with Crippen LogP contribution in [0.5, 0.6) is 0 Å². The van der Waals surface area contributed by atoms with Gasteiger partial charge in [-0.15, -0.1) is 0 Å². The van der Waals surface area contributed by atoms with E-state index < -0.39 is 35.8 Å². The van der Waals surface area contributed by atoms with E-state index in [2.05, 4.69) is 5.32 Å². The Morgan fingerprint density at radius 2 is 1.70 bits per heavy atom. The minimum atomic E-state index is -1.17. The summed E-state index contributed by atoms with van der Waals surface area (Å²) in [5.41, 5.74) is 1.89. The molecule has 1 saturated carbocycles. The molecule has 2 atom stereocenters. The van der Waals surface area contributed by atoms with Gasteiger partial charge < -0.3 is 10.1 Å². The highest BCUT2D eigenvalue weighted by molar-refractivity contribution is 6.22. The van der Waals surface area contributed by atoms with E-state index in [9.17, 15) is 19.2 Å². The van der Waals surface area contributed by atoms with Crippen molar-refractivity contribution in [3.63, 3.8) is 0 Å². The molecule has 0 aromatic heterocycles. The van der Waals surface area contributed by atoms with Crippen molar-refractivity contribution in [1.82, 2.24) is 10.2 Å². The summed E-state index contributed by atoms with van der Waals surface area (Å²) >= 11 is 0. The van der Waals surface area contributed by atoms with Gasteiger partial charge in [0.2, 0.25) is 6.10 Å². The van der Waals surface area contributed by atoms with Gasteiger partial charge in [0.1, 0.15) is 6.04 Å². The van der Waals surface area contributed by atoms with Gasteiger partial charge in [-0.3, -0.25) is 19.3 Å². The minimum Gasteiger partial charge on any atom is -0.446 e. The van der Waals surface area contributed by atoms with Crippen molar-refractivity contribution < 1.29 is 23.9 Å². The average Bonchev–Trinajstić information content (AvgIpc) is 3.51. The van der Waals surface area contributed by atoms with Crippen molar-refractivity contribution in [2.75, 3.05) is 0 Å². The van der Waals surface area contributed by atoms with Crippen molar-refractivity contribution in [2.24, 2.45) is 0 Å². The van der Waals surface area contributed by atoms with Crippen molar-refractivity contribution in [3.8, 4) is 0 Å². The number of nitrogens with zero attached hydrogens (tertiary/aromatic N) is 1. The second-order valence-electron chi connectivity index (χ2n) is 7.72. The van der Waals surface area contributed by atoms with Crippen molar-refractivity contribution >= 4 is 23.7 Å². The normalized spacial score (nSPS) is 17.3. The Bertz CT molecular complexity index is 1030. The van der Waals surface area contributed by atoms with Crippen LogP contribution in [0, 0.1) is 6.92 Å². The number of carbonyl (C=O) groups is 4. The fourth-order valence-corrected chi connectivity index (χ4v) is 3.45. The average molecular weight is 406 g/mol. The third-order valence-corrected chi connectivity index (χ3v) is 5.30. The van der Waals surface area contributed by atoms with Gasteiger partial charge in [0, 0.05) is 11.6 Å². The Morgan fingerprint density at radius 3 is 2.37 bits per heavy atom. The lowest BCUT2D eigenvalue weighted by Crippen LogP contribution is -2.45. The van der Waals surface area contributed by atoms with Crippen LogP contribution in [0.4, 0.5) is 0 Å². The summed E-state index contributed by atoms with van der Waals surface area (Å²) in [6.07, 6.45) is 0.636. The summed E-state index contributed by atoms with van der Waals surface area (Å²) in [7, 11) is 0. The number of ether oxygens (including phenoxy) is 1. The Hall–Kier alpha value is -3.48. The summed E-state index contributed by atoms with van der Waals surface area (Å²) in [5, 5.41) is 2.84. The van der Waals surface area contributed by atoms with Gasteiger partial charge in [0.25, 0.3) is 17.7 Å². The maximum Gasteiger partial charge on any atom is 0.330 e. The maximum atomic E-state index is 12.9. The molecule has 1 aliphatic carbocycles. The van der Waals surface area contributed by atoms with Crippen LogP contribution >= 0.6 is 0 Å². The zero-order valence-corrected chi connectivity index (χ0v) is 16.8. The molecule has 7 nitrogen and oxygen atoms in total. The molecule has 0 saturated heterocycles. The third kappa shape index (κ3) is 3.70. The van der Waals surface area contributed by atoms with Gasteiger partial charge in [-0.05, 0) is 38.8 Å². The van der Waals surface area contributed by atoms with E-state index in [4.69, 9.17) is 4.74 Å². The molecule has 0 bridgehead atoms. The topological polar surface area (TPSA) is 92.8 Å². The number of fused-ring (bicyclic) bond motifs is 1. The monoisotopic (exact) mass is 406 g/mol. The van der Waals surface area contributed by atoms with E-state index in [0.717, 1.165) is 23.3 Å². The van der Waals surface area contributed by atoms with Gasteiger partial charge in [-0.25, -0.2) is 4.79 Å². The second-order valence-corrected chi connectivity index (χ2v) is 7.72. The molecule has 0 spiro atoms. The van der Waals surface area contributed by atoms with Crippen LogP contribution in [0.2, 0.25) is 0 Å². The lowest BCUT2D eigenvalue weighted by atomic mass is 10.1. The summed E-state index contributed by atoms with van der Waals surface area (Å²) in [6.45, 7) is 3.25. The van der Waals surface area contributed by atoms with E-state index in [0.29, 0.717) is 5.56 Å². The van der Waals surface area contributed by atoms with E-state index >= 15 is 0 Å². The number of hydrogen-bond acceptors (Lipinski definition) is 5. The number of benzene rings is 2. The zero-order valence-electron chi connectivity index (χ0n) is 16.8. The fourth-order valence-electron chi connectivity index (χ4n) is 3.45. The lowest BCUT2D eigenvalue weighted by Gasteiger charge is -2.24. The maximum absolute atomic E-state index is 12.9. The summed E-state index contributed by atoms with van der Waals surface area (Å²) < 4.78 is 5.52. The third-order valence-electron chi connectivity index (χ3n) is 5.30. The number of esters is 1. The molecule has 154 valence electrons. The number of aryl methyl sites for hydroxylation is 1. The van der Waals surface area contributed by atoms with Crippen molar-refractivity contribution in [1.29, 1.82) is 0 Å².